The molecular weight excluding hydrogens is 248 g/mol. The van der Waals surface area contributed by atoms with Crippen LogP contribution in [0.15, 0.2) is 24.3 Å². The van der Waals surface area contributed by atoms with Gasteiger partial charge in [0.1, 0.15) is 5.82 Å². The Balaban J connectivity index is 2.06. The summed E-state index contributed by atoms with van der Waals surface area (Å²) >= 11 is 0. The largest absolute Gasteiger partial charge is 0.362 e. The van der Waals surface area contributed by atoms with E-state index in [9.17, 15) is 0 Å². The summed E-state index contributed by atoms with van der Waals surface area (Å²) in [5, 5.41) is 1.12. The van der Waals surface area contributed by atoms with Gasteiger partial charge in [0.2, 0.25) is 5.95 Å². The fourth-order valence-corrected chi connectivity index (χ4v) is 2.80. The summed E-state index contributed by atoms with van der Waals surface area (Å²) in [6.45, 7) is 2.15. The predicted octanol–water partition coefficient (Wildman–Crippen LogP) is 3.08. The van der Waals surface area contributed by atoms with E-state index in [1.807, 2.05) is 26.2 Å². The number of anilines is 2. The summed E-state index contributed by atoms with van der Waals surface area (Å²) < 4.78 is 0. The molecule has 4 nitrogen and oxygen atoms in total. The fourth-order valence-electron chi connectivity index (χ4n) is 2.80. The highest BCUT2D eigenvalue weighted by molar-refractivity contribution is 5.90. The minimum Gasteiger partial charge on any atom is -0.362 e. The van der Waals surface area contributed by atoms with Gasteiger partial charge in [-0.15, -0.1) is 0 Å². The summed E-state index contributed by atoms with van der Waals surface area (Å²) in [6.07, 6.45) is 5.14. The van der Waals surface area contributed by atoms with Gasteiger partial charge in [-0.2, -0.15) is 4.98 Å². The third-order valence-electron chi connectivity index (χ3n) is 3.88. The molecular formula is C16H22N4. The Bertz CT molecular complexity index is 586. The van der Waals surface area contributed by atoms with Crippen LogP contribution in [0.3, 0.4) is 0 Å². The number of benzene rings is 1. The van der Waals surface area contributed by atoms with Crippen LogP contribution in [0.4, 0.5) is 11.8 Å². The zero-order valence-corrected chi connectivity index (χ0v) is 12.3. The molecule has 0 amide bonds. The first-order chi connectivity index (χ1) is 9.75. The third kappa shape index (κ3) is 2.55. The monoisotopic (exact) mass is 270 g/mol. The van der Waals surface area contributed by atoms with Gasteiger partial charge in [0.25, 0.3) is 0 Å². The second kappa shape index (κ2) is 5.65. The highest BCUT2D eigenvalue weighted by Crippen LogP contribution is 2.26. The first-order valence-corrected chi connectivity index (χ1v) is 7.45. The van der Waals surface area contributed by atoms with Crippen LogP contribution in [0.25, 0.3) is 10.9 Å². The Morgan fingerprint density at radius 2 is 1.65 bits per heavy atom. The van der Waals surface area contributed by atoms with E-state index in [-0.39, 0.29) is 0 Å². The van der Waals surface area contributed by atoms with Crippen molar-refractivity contribution in [2.45, 2.75) is 25.7 Å². The molecule has 1 aliphatic rings. The molecule has 20 heavy (non-hydrogen) atoms. The molecule has 1 fully saturated rings. The van der Waals surface area contributed by atoms with Crippen LogP contribution >= 0.6 is 0 Å². The van der Waals surface area contributed by atoms with Gasteiger partial charge in [0.15, 0.2) is 0 Å². The number of aromatic nitrogens is 2. The maximum Gasteiger partial charge on any atom is 0.227 e. The summed E-state index contributed by atoms with van der Waals surface area (Å²) in [5.41, 5.74) is 1.03. The van der Waals surface area contributed by atoms with Crippen molar-refractivity contribution in [1.82, 2.24) is 9.97 Å². The molecule has 4 heteroatoms. The van der Waals surface area contributed by atoms with E-state index >= 15 is 0 Å². The van der Waals surface area contributed by atoms with Crippen molar-refractivity contribution in [2.75, 3.05) is 37.0 Å². The molecule has 3 rings (SSSR count). The number of hydrogen-bond acceptors (Lipinski definition) is 4. The van der Waals surface area contributed by atoms with Crippen LogP contribution in [0.5, 0.6) is 0 Å². The Hall–Kier alpha value is -1.84. The zero-order valence-electron chi connectivity index (χ0n) is 12.3. The molecule has 0 spiro atoms. The lowest BCUT2D eigenvalue weighted by Crippen LogP contribution is -2.27. The minimum atomic E-state index is 0.884. The third-order valence-corrected chi connectivity index (χ3v) is 3.88. The van der Waals surface area contributed by atoms with E-state index in [1.54, 1.807) is 0 Å². The number of rotatable bonds is 2. The second-order valence-corrected chi connectivity index (χ2v) is 5.66. The number of para-hydroxylation sites is 1. The van der Waals surface area contributed by atoms with Gasteiger partial charge >= 0.3 is 0 Å². The van der Waals surface area contributed by atoms with Crippen molar-refractivity contribution in [1.29, 1.82) is 0 Å². The molecule has 0 aliphatic carbocycles. The lowest BCUT2D eigenvalue weighted by molar-refractivity contribution is 0.726. The minimum absolute atomic E-state index is 0.884. The van der Waals surface area contributed by atoms with Crippen LogP contribution in [0.2, 0.25) is 0 Å². The molecule has 0 bridgehead atoms. The average Bonchev–Trinajstić information content (AvgIpc) is 2.75. The van der Waals surface area contributed by atoms with Gasteiger partial charge in [0, 0.05) is 32.6 Å². The smallest absolute Gasteiger partial charge is 0.227 e. The molecule has 2 heterocycles. The van der Waals surface area contributed by atoms with Crippen molar-refractivity contribution >= 4 is 22.7 Å². The summed E-state index contributed by atoms with van der Waals surface area (Å²) in [6, 6.07) is 8.26. The Morgan fingerprint density at radius 1 is 0.950 bits per heavy atom. The van der Waals surface area contributed by atoms with E-state index in [2.05, 4.69) is 21.9 Å². The van der Waals surface area contributed by atoms with Gasteiger partial charge in [-0.05, 0) is 25.0 Å². The van der Waals surface area contributed by atoms with E-state index in [4.69, 9.17) is 9.97 Å². The van der Waals surface area contributed by atoms with Crippen LogP contribution in [-0.4, -0.2) is 37.2 Å². The lowest BCUT2D eigenvalue weighted by atomic mass is 10.2. The lowest BCUT2D eigenvalue weighted by Gasteiger charge is -2.23. The SMILES string of the molecule is CN(C)c1nc(N2CCCCCC2)nc2ccccc12. The highest BCUT2D eigenvalue weighted by atomic mass is 15.3. The molecule has 1 saturated heterocycles. The Kier molecular flexibility index (Phi) is 3.72. The first-order valence-electron chi connectivity index (χ1n) is 7.45. The molecule has 0 saturated carbocycles. The molecule has 0 radical (unpaired) electrons. The van der Waals surface area contributed by atoms with E-state index in [1.165, 1.54) is 25.7 Å². The van der Waals surface area contributed by atoms with E-state index in [0.717, 1.165) is 35.8 Å². The molecule has 1 aromatic heterocycles. The molecule has 2 aromatic rings. The fraction of sp³-hybridized carbons (Fsp3) is 0.500. The predicted molar refractivity (Wildman–Crippen MR) is 84.5 cm³/mol. The molecule has 106 valence electrons. The van der Waals surface area contributed by atoms with Crippen LogP contribution in [0.1, 0.15) is 25.7 Å². The van der Waals surface area contributed by atoms with Crippen LogP contribution in [0, 0.1) is 0 Å². The summed E-state index contributed by atoms with van der Waals surface area (Å²) in [7, 11) is 4.09. The summed E-state index contributed by atoms with van der Waals surface area (Å²) in [5.74, 6) is 1.89. The number of nitrogens with zero attached hydrogens (tertiary/aromatic N) is 4. The normalized spacial score (nSPS) is 16.2. The summed E-state index contributed by atoms with van der Waals surface area (Å²) in [4.78, 5) is 14.0. The van der Waals surface area contributed by atoms with Gasteiger partial charge in [0.05, 0.1) is 5.52 Å². The molecule has 1 aliphatic heterocycles. The number of hydrogen-bond donors (Lipinski definition) is 0. The highest BCUT2D eigenvalue weighted by Gasteiger charge is 2.16. The molecule has 0 atom stereocenters. The molecule has 0 unspecified atom stereocenters. The van der Waals surface area contributed by atoms with Gasteiger partial charge < -0.3 is 9.80 Å². The van der Waals surface area contributed by atoms with E-state index < -0.39 is 0 Å². The topological polar surface area (TPSA) is 32.3 Å². The van der Waals surface area contributed by atoms with Gasteiger partial charge in [-0.3, -0.25) is 0 Å². The van der Waals surface area contributed by atoms with Gasteiger partial charge in [-0.1, -0.05) is 25.0 Å². The average molecular weight is 270 g/mol. The zero-order chi connectivity index (χ0) is 13.9. The quantitative estimate of drug-likeness (QED) is 0.839. The van der Waals surface area contributed by atoms with Crippen molar-refractivity contribution < 1.29 is 0 Å². The van der Waals surface area contributed by atoms with Crippen molar-refractivity contribution in [3.8, 4) is 0 Å². The molecule has 1 aromatic carbocycles. The Labute approximate surface area is 120 Å². The van der Waals surface area contributed by atoms with Crippen molar-refractivity contribution in [3.63, 3.8) is 0 Å². The van der Waals surface area contributed by atoms with Crippen LogP contribution < -0.4 is 9.80 Å². The standard InChI is InChI=1S/C16H22N4/c1-19(2)15-13-9-5-6-10-14(13)17-16(18-15)20-11-7-3-4-8-12-20/h5-6,9-10H,3-4,7-8,11-12H2,1-2H3. The van der Waals surface area contributed by atoms with Crippen LogP contribution in [-0.2, 0) is 0 Å². The van der Waals surface area contributed by atoms with E-state index in [0.29, 0.717) is 0 Å². The van der Waals surface area contributed by atoms with Crippen molar-refractivity contribution in [3.05, 3.63) is 24.3 Å². The van der Waals surface area contributed by atoms with Gasteiger partial charge in [-0.25, -0.2) is 4.98 Å². The first kappa shape index (κ1) is 13.2. The maximum absolute atomic E-state index is 4.81. The van der Waals surface area contributed by atoms with Crippen molar-refractivity contribution in [2.24, 2.45) is 0 Å². The number of fused-ring (bicyclic) bond motifs is 1. The Morgan fingerprint density at radius 3 is 2.35 bits per heavy atom. The second-order valence-electron chi connectivity index (χ2n) is 5.66. The molecule has 0 N–H and O–H groups in total. The maximum atomic E-state index is 4.81.